The van der Waals surface area contributed by atoms with Crippen LogP contribution in [0.1, 0.15) is 38.5 Å². The molecule has 0 saturated heterocycles. The van der Waals surface area contributed by atoms with Gasteiger partial charge in [0, 0.05) is 25.7 Å². The van der Waals surface area contributed by atoms with E-state index in [1.54, 1.807) is 0 Å². The molecule has 11 heteroatoms. The topological polar surface area (TPSA) is 18.5 Å². The van der Waals surface area contributed by atoms with Gasteiger partial charge in [-0.2, -0.15) is 39.5 Å². The average molecular weight is 364 g/mol. The maximum atomic E-state index is 12.1. The Morgan fingerprint density at radius 2 is 0.913 bits per heavy atom. The summed E-state index contributed by atoms with van der Waals surface area (Å²) in [5.74, 6) is 0. The van der Waals surface area contributed by atoms with Gasteiger partial charge in [-0.3, -0.25) is 0 Å². The molecule has 0 aromatic carbocycles. The molecule has 0 fully saturated rings. The highest BCUT2D eigenvalue weighted by Gasteiger charge is 2.30. The molecule has 0 aromatic rings. The quantitative estimate of drug-likeness (QED) is 0.295. The molecule has 2 nitrogen and oxygen atoms in total. The molecule has 0 rings (SSSR count). The molecule has 0 aromatic heterocycles. The molecule has 0 heterocycles. The van der Waals surface area contributed by atoms with Gasteiger partial charge in [-0.1, -0.05) is 0 Å². The zero-order valence-electron chi connectivity index (χ0n) is 12.0. The smallest absolute Gasteiger partial charge is 0.353 e. The lowest BCUT2D eigenvalue weighted by Gasteiger charge is -2.20. The van der Waals surface area contributed by atoms with Gasteiger partial charge in [0.25, 0.3) is 0 Å². The number of hydrogen-bond acceptors (Lipinski definition) is 2. The van der Waals surface area contributed by atoms with Crippen LogP contribution < -0.4 is 0 Å². The summed E-state index contributed by atoms with van der Waals surface area (Å²) in [6, 6.07) is 0. The second-order valence-electron chi connectivity index (χ2n) is 4.76. The summed E-state index contributed by atoms with van der Waals surface area (Å²) >= 11 is 0. The van der Waals surface area contributed by atoms with Gasteiger partial charge in [0.05, 0.1) is 13.2 Å². The van der Waals surface area contributed by atoms with E-state index in [1.807, 2.05) is 0 Å². The lowest BCUT2D eigenvalue weighted by molar-refractivity contribution is -0.188. The third kappa shape index (κ3) is 17.5. The average Bonchev–Trinajstić information content (AvgIpc) is 2.31. The minimum absolute atomic E-state index is 0.474. The molecule has 140 valence electrons. The van der Waals surface area contributed by atoms with Gasteiger partial charge in [-0.05, 0) is 12.8 Å². The Kier molecular flexibility index (Phi) is 9.26. The Hall–Kier alpha value is -0.710. The van der Waals surface area contributed by atoms with Crippen LogP contribution in [0.15, 0.2) is 0 Å². The molecular weight excluding hydrogens is 347 g/mol. The zero-order valence-corrected chi connectivity index (χ0v) is 12.0. The van der Waals surface area contributed by atoms with E-state index >= 15 is 0 Å². The Labute approximate surface area is 126 Å². The van der Waals surface area contributed by atoms with Crippen molar-refractivity contribution in [1.82, 2.24) is 0 Å². The van der Waals surface area contributed by atoms with Crippen LogP contribution in [0.2, 0.25) is 0 Å². The first kappa shape index (κ1) is 22.3. The van der Waals surface area contributed by atoms with Gasteiger partial charge in [0.1, 0.15) is 0 Å². The van der Waals surface area contributed by atoms with Gasteiger partial charge >= 0.3 is 18.5 Å². The van der Waals surface area contributed by atoms with Crippen LogP contribution in [0.5, 0.6) is 0 Å². The summed E-state index contributed by atoms with van der Waals surface area (Å²) in [5, 5.41) is 0. The van der Waals surface area contributed by atoms with Gasteiger partial charge in [-0.15, -0.1) is 0 Å². The highest BCUT2D eigenvalue weighted by atomic mass is 19.4. The molecule has 0 aliphatic rings. The molecule has 23 heavy (non-hydrogen) atoms. The normalized spacial score (nSPS) is 13.8. The number of rotatable bonds is 10. The van der Waals surface area contributed by atoms with Crippen molar-refractivity contribution >= 4 is 0 Å². The molecule has 0 aliphatic heterocycles. The van der Waals surface area contributed by atoms with E-state index in [2.05, 4.69) is 0 Å². The van der Waals surface area contributed by atoms with Crippen LogP contribution in [0.3, 0.4) is 0 Å². The number of alkyl halides is 9. The lowest BCUT2D eigenvalue weighted by Crippen LogP contribution is -2.23. The van der Waals surface area contributed by atoms with Gasteiger partial charge in [0.2, 0.25) is 0 Å². The fourth-order valence-corrected chi connectivity index (χ4v) is 1.47. The van der Waals surface area contributed by atoms with E-state index < -0.39 is 76.6 Å². The Morgan fingerprint density at radius 1 is 0.565 bits per heavy atom. The van der Waals surface area contributed by atoms with E-state index in [0.717, 1.165) is 0 Å². The minimum Gasteiger partial charge on any atom is -0.353 e. The van der Waals surface area contributed by atoms with Crippen molar-refractivity contribution in [2.45, 2.75) is 63.3 Å². The molecule has 0 spiro atoms. The van der Waals surface area contributed by atoms with Crippen LogP contribution in [-0.2, 0) is 9.47 Å². The van der Waals surface area contributed by atoms with Crippen LogP contribution in [0, 0.1) is 0 Å². The highest BCUT2D eigenvalue weighted by Crippen LogP contribution is 2.25. The molecular formula is C12H17F9O2. The first-order chi connectivity index (χ1) is 10.3. The fourth-order valence-electron chi connectivity index (χ4n) is 1.47. The SMILES string of the molecule is FC(F)(F)CCCOC(CCC(F)(F)F)OCCCC(F)(F)F. The predicted octanol–water partition coefficient (Wildman–Crippen LogP) is 5.37. The van der Waals surface area contributed by atoms with Gasteiger partial charge < -0.3 is 9.47 Å². The number of ether oxygens (including phenoxy) is 2. The second-order valence-corrected chi connectivity index (χ2v) is 4.76. The van der Waals surface area contributed by atoms with Crippen LogP contribution >= 0.6 is 0 Å². The fraction of sp³-hybridized carbons (Fsp3) is 1.00. The van der Waals surface area contributed by atoms with Crippen molar-refractivity contribution in [2.75, 3.05) is 13.2 Å². The third-order valence-corrected chi connectivity index (χ3v) is 2.48. The first-order valence-electron chi connectivity index (χ1n) is 6.72. The predicted molar refractivity (Wildman–Crippen MR) is 61.6 cm³/mol. The standard InChI is InChI=1S/C12H17F9O2/c13-10(14,15)4-1-7-22-9(3-6-12(19,20)21)23-8-2-5-11(16,17)18/h9H,1-8H2. The largest absolute Gasteiger partial charge is 0.389 e. The number of hydrogen-bond donors (Lipinski definition) is 0. The molecule has 0 saturated carbocycles. The van der Waals surface area contributed by atoms with Crippen molar-refractivity contribution in [3.05, 3.63) is 0 Å². The summed E-state index contributed by atoms with van der Waals surface area (Å²) in [6.45, 7) is -0.997. The van der Waals surface area contributed by atoms with E-state index in [-0.39, 0.29) is 0 Å². The van der Waals surface area contributed by atoms with E-state index in [1.165, 1.54) is 0 Å². The highest BCUT2D eigenvalue weighted by molar-refractivity contribution is 4.57. The van der Waals surface area contributed by atoms with Crippen molar-refractivity contribution in [2.24, 2.45) is 0 Å². The van der Waals surface area contributed by atoms with Gasteiger partial charge in [-0.25, -0.2) is 0 Å². The maximum Gasteiger partial charge on any atom is 0.389 e. The van der Waals surface area contributed by atoms with Crippen LogP contribution in [0.4, 0.5) is 39.5 Å². The molecule has 0 atom stereocenters. The summed E-state index contributed by atoms with van der Waals surface area (Å²) in [7, 11) is 0. The van der Waals surface area contributed by atoms with Crippen molar-refractivity contribution < 1.29 is 49.0 Å². The van der Waals surface area contributed by atoms with E-state index in [9.17, 15) is 39.5 Å². The van der Waals surface area contributed by atoms with Crippen LogP contribution in [0.25, 0.3) is 0 Å². The molecule has 0 bridgehead atoms. The van der Waals surface area contributed by atoms with E-state index in [0.29, 0.717) is 0 Å². The second kappa shape index (κ2) is 9.55. The first-order valence-corrected chi connectivity index (χ1v) is 6.72. The van der Waals surface area contributed by atoms with Crippen molar-refractivity contribution in [3.63, 3.8) is 0 Å². The summed E-state index contributed by atoms with van der Waals surface area (Å²) in [5.41, 5.74) is 0. The monoisotopic (exact) mass is 364 g/mol. The lowest BCUT2D eigenvalue weighted by atomic mass is 10.3. The minimum atomic E-state index is -4.52. The van der Waals surface area contributed by atoms with Crippen molar-refractivity contribution in [1.29, 1.82) is 0 Å². The van der Waals surface area contributed by atoms with Crippen molar-refractivity contribution in [3.8, 4) is 0 Å². The zero-order chi connectivity index (χ0) is 18.1. The summed E-state index contributed by atoms with van der Waals surface area (Å²) in [4.78, 5) is 0. The third-order valence-electron chi connectivity index (χ3n) is 2.48. The Balaban J connectivity index is 4.13. The Bertz CT molecular complexity index is 287. The molecule has 0 unspecified atom stereocenters. The molecule has 0 N–H and O–H groups in total. The molecule has 0 amide bonds. The number of halogens is 9. The van der Waals surface area contributed by atoms with E-state index in [4.69, 9.17) is 9.47 Å². The summed E-state index contributed by atoms with van der Waals surface area (Å²) < 4.78 is 117. The molecule has 0 aliphatic carbocycles. The summed E-state index contributed by atoms with van der Waals surface area (Å²) in [6.07, 6.45) is -20.1. The van der Waals surface area contributed by atoms with Crippen LogP contribution in [-0.4, -0.2) is 38.0 Å². The molecule has 0 radical (unpaired) electrons. The maximum absolute atomic E-state index is 12.1. The Morgan fingerprint density at radius 3 is 1.22 bits per heavy atom. The van der Waals surface area contributed by atoms with Gasteiger partial charge in [0.15, 0.2) is 6.29 Å².